The van der Waals surface area contributed by atoms with Gasteiger partial charge in [0.2, 0.25) is 5.28 Å². The highest BCUT2D eigenvalue weighted by Crippen LogP contribution is 2.29. The summed E-state index contributed by atoms with van der Waals surface area (Å²) in [5.41, 5.74) is 4.14. The Kier molecular flexibility index (Phi) is 3.74. The Morgan fingerprint density at radius 1 is 1.18 bits per heavy atom. The molecule has 2 heterocycles. The third kappa shape index (κ3) is 2.52. The van der Waals surface area contributed by atoms with Crippen LogP contribution in [0.4, 0.5) is 11.5 Å². The number of anilines is 2. The van der Waals surface area contributed by atoms with E-state index in [4.69, 9.17) is 11.6 Å². The number of para-hydroxylation sites is 1. The van der Waals surface area contributed by atoms with Gasteiger partial charge < -0.3 is 5.32 Å². The van der Waals surface area contributed by atoms with Gasteiger partial charge in [0.15, 0.2) is 11.5 Å². The van der Waals surface area contributed by atoms with Crippen molar-refractivity contribution in [2.45, 2.75) is 33.7 Å². The molecule has 0 fully saturated rings. The Balaban J connectivity index is 2.15. The average Bonchev–Trinajstić information content (AvgIpc) is 2.81. The molecule has 2 aromatic heterocycles. The molecule has 0 aliphatic heterocycles. The fourth-order valence-corrected chi connectivity index (χ4v) is 2.61. The van der Waals surface area contributed by atoms with Crippen LogP contribution in [0.5, 0.6) is 0 Å². The van der Waals surface area contributed by atoms with Crippen LogP contribution >= 0.6 is 11.6 Å². The maximum atomic E-state index is 5.93. The Morgan fingerprint density at radius 3 is 2.50 bits per heavy atom. The first-order chi connectivity index (χ1) is 10.5. The zero-order valence-electron chi connectivity index (χ0n) is 13.1. The van der Waals surface area contributed by atoms with Gasteiger partial charge in [-0.05, 0) is 50.4 Å². The van der Waals surface area contributed by atoms with E-state index in [9.17, 15) is 0 Å². The molecular formula is C16H18ClN5. The second-order valence-corrected chi connectivity index (χ2v) is 5.99. The number of hydrogen-bond donors (Lipinski definition) is 1. The molecule has 114 valence electrons. The Bertz CT molecular complexity index is 818. The van der Waals surface area contributed by atoms with E-state index in [1.807, 2.05) is 10.7 Å². The summed E-state index contributed by atoms with van der Waals surface area (Å²) in [4.78, 5) is 8.41. The minimum atomic E-state index is 0.182. The van der Waals surface area contributed by atoms with Crippen molar-refractivity contribution in [1.29, 1.82) is 0 Å². The SMILES string of the molecule is Cc1cccc(C)c1Nc1nn(C(C)C)c2nc(Cl)ncc12. The molecule has 0 bridgehead atoms. The number of hydrogen-bond acceptors (Lipinski definition) is 4. The number of aromatic nitrogens is 4. The first kappa shape index (κ1) is 14.8. The van der Waals surface area contributed by atoms with Crippen molar-refractivity contribution in [3.63, 3.8) is 0 Å². The van der Waals surface area contributed by atoms with Crippen LogP contribution in [0.2, 0.25) is 5.28 Å². The van der Waals surface area contributed by atoms with Crippen LogP contribution in [0.3, 0.4) is 0 Å². The minimum Gasteiger partial charge on any atom is -0.338 e. The summed E-state index contributed by atoms with van der Waals surface area (Å²) in [5, 5.41) is 9.17. The van der Waals surface area contributed by atoms with Gasteiger partial charge in [0.25, 0.3) is 0 Å². The largest absolute Gasteiger partial charge is 0.338 e. The fourth-order valence-electron chi connectivity index (χ4n) is 2.49. The maximum Gasteiger partial charge on any atom is 0.224 e. The quantitative estimate of drug-likeness (QED) is 0.727. The molecule has 3 rings (SSSR count). The summed E-state index contributed by atoms with van der Waals surface area (Å²) in [5.74, 6) is 0.748. The van der Waals surface area contributed by atoms with Gasteiger partial charge >= 0.3 is 0 Å². The van der Waals surface area contributed by atoms with E-state index in [1.165, 1.54) is 11.1 Å². The van der Waals surface area contributed by atoms with Gasteiger partial charge in [-0.25, -0.2) is 9.67 Å². The van der Waals surface area contributed by atoms with Crippen LogP contribution in [0.25, 0.3) is 11.0 Å². The predicted molar refractivity (Wildman–Crippen MR) is 89.9 cm³/mol. The molecule has 1 N–H and O–H groups in total. The van der Waals surface area contributed by atoms with Crippen molar-refractivity contribution >= 4 is 34.1 Å². The van der Waals surface area contributed by atoms with Gasteiger partial charge in [0.05, 0.1) is 5.39 Å². The molecule has 0 saturated carbocycles. The number of rotatable bonds is 3. The van der Waals surface area contributed by atoms with Crippen molar-refractivity contribution in [1.82, 2.24) is 19.7 Å². The topological polar surface area (TPSA) is 55.6 Å². The lowest BCUT2D eigenvalue weighted by atomic mass is 10.1. The molecule has 0 amide bonds. The van der Waals surface area contributed by atoms with E-state index >= 15 is 0 Å². The van der Waals surface area contributed by atoms with Crippen LogP contribution < -0.4 is 5.32 Å². The summed E-state index contributed by atoms with van der Waals surface area (Å²) in [6.45, 7) is 8.27. The van der Waals surface area contributed by atoms with Gasteiger partial charge in [0.1, 0.15) is 0 Å². The molecule has 0 spiro atoms. The van der Waals surface area contributed by atoms with Gasteiger partial charge in [-0.2, -0.15) is 10.1 Å². The van der Waals surface area contributed by atoms with E-state index in [0.29, 0.717) is 0 Å². The van der Waals surface area contributed by atoms with Crippen LogP contribution in [0.15, 0.2) is 24.4 Å². The molecular weight excluding hydrogens is 298 g/mol. The Labute approximate surface area is 134 Å². The number of halogens is 1. The highest BCUT2D eigenvalue weighted by Gasteiger charge is 2.16. The molecule has 0 aliphatic rings. The Morgan fingerprint density at radius 2 is 1.86 bits per heavy atom. The van der Waals surface area contributed by atoms with Gasteiger partial charge in [-0.1, -0.05) is 18.2 Å². The van der Waals surface area contributed by atoms with E-state index in [-0.39, 0.29) is 11.3 Å². The highest BCUT2D eigenvalue weighted by atomic mass is 35.5. The van der Waals surface area contributed by atoms with E-state index < -0.39 is 0 Å². The first-order valence-corrected chi connectivity index (χ1v) is 7.59. The van der Waals surface area contributed by atoms with Crippen molar-refractivity contribution in [3.8, 4) is 0 Å². The summed E-state index contributed by atoms with van der Waals surface area (Å²) >= 11 is 5.93. The monoisotopic (exact) mass is 315 g/mol. The smallest absolute Gasteiger partial charge is 0.224 e. The molecule has 0 atom stereocenters. The van der Waals surface area contributed by atoms with Crippen molar-refractivity contribution in [2.24, 2.45) is 0 Å². The van der Waals surface area contributed by atoms with E-state index in [0.717, 1.165) is 22.5 Å². The molecule has 3 aromatic rings. The number of nitrogens with one attached hydrogen (secondary N) is 1. The van der Waals surface area contributed by atoms with Gasteiger partial charge in [-0.3, -0.25) is 0 Å². The van der Waals surface area contributed by atoms with Crippen LogP contribution in [-0.2, 0) is 0 Å². The molecule has 0 radical (unpaired) electrons. The minimum absolute atomic E-state index is 0.182. The molecule has 6 heteroatoms. The predicted octanol–water partition coefficient (Wildman–Crippen LogP) is 4.42. The molecule has 0 saturated heterocycles. The number of aryl methyl sites for hydroxylation is 2. The number of benzene rings is 1. The second-order valence-electron chi connectivity index (χ2n) is 5.66. The molecule has 22 heavy (non-hydrogen) atoms. The van der Waals surface area contributed by atoms with E-state index in [1.54, 1.807) is 6.20 Å². The normalized spacial score (nSPS) is 11.4. The van der Waals surface area contributed by atoms with E-state index in [2.05, 4.69) is 60.2 Å². The lowest BCUT2D eigenvalue weighted by Crippen LogP contribution is -2.04. The standard InChI is InChI=1S/C16H18ClN5/c1-9(2)22-15-12(8-18-16(17)20-15)14(21-22)19-13-10(3)6-5-7-11(13)4/h5-9H,1-4H3,(H,19,21). The lowest BCUT2D eigenvalue weighted by molar-refractivity contribution is 0.548. The van der Waals surface area contributed by atoms with Gasteiger partial charge in [-0.15, -0.1) is 0 Å². The first-order valence-electron chi connectivity index (χ1n) is 7.21. The maximum absolute atomic E-state index is 5.93. The molecule has 0 aliphatic carbocycles. The highest BCUT2D eigenvalue weighted by molar-refractivity contribution is 6.28. The van der Waals surface area contributed by atoms with Crippen LogP contribution in [-0.4, -0.2) is 19.7 Å². The third-order valence-electron chi connectivity index (χ3n) is 3.63. The zero-order chi connectivity index (χ0) is 15.9. The zero-order valence-corrected chi connectivity index (χ0v) is 13.8. The number of fused-ring (bicyclic) bond motifs is 1. The van der Waals surface area contributed by atoms with Crippen molar-refractivity contribution < 1.29 is 0 Å². The Hall–Kier alpha value is -2.14. The van der Waals surface area contributed by atoms with Crippen molar-refractivity contribution in [3.05, 3.63) is 40.8 Å². The van der Waals surface area contributed by atoms with Crippen molar-refractivity contribution in [2.75, 3.05) is 5.32 Å². The summed E-state index contributed by atoms with van der Waals surface area (Å²) in [7, 11) is 0. The summed E-state index contributed by atoms with van der Waals surface area (Å²) < 4.78 is 1.86. The number of nitrogens with zero attached hydrogens (tertiary/aromatic N) is 4. The lowest BCUT2D eigenvalue weighted by Gasteiger charge is -2.10. The third-order valence-corrected chi connectivity index (χ3v) is 3.81. The van der Waals surface area contributed by atoms with Crippen LogP contribution in [0, 0.1) is 13.8 Å². The molecule has 0 unspecified atom stereocenters. The summed E-state index contributed by atoms with van der Waals surface area (Å²) in [6, 6.07) is 6.38. The fraction of sp³-hybridized carbons (Fsp3) is 0.312. The van der Waals surface area contributed by atoms with Crippen LogP contribution in [0.1, 0.15) is 31.0 Å². The molecule has 5 nitrogen and oxygen atoms in total. The molecule has 1 aromatic carbocycles. The van der Waals surface area contributed by atoms with Gasteiger partial charge in [0, 0.05) is 17.9 Å². The second kappa shape index (κ2) is 5.57. The summed E-state index contributed by atoms with van der Waals surface area (Å²) in [6.07, 6.45) is 1.71. The average molecular weight is 316 g/mol.